The summed E-state index contributed by atoms with van der Waals surface area (Å²) in [7, 11) is 0. The lowest BCUT2D eigenvalue weighted by atomic mass is 9.93. The van der Waals surface area contributed by atoms with Crippen LogP contribution in [0.25, 0.3) is 32.8 Å². The van der Waals surface area contributed by atoms with Gasteiger partial charge in [-0.1, -0.05) is 18.1 Å². The molecule has 2 unspecified atom stereocenters. The standard InChI is InChI=1S/C36H37F2N5O3/c1-2-24-28(37)10-7-22-18-23(44)19-27(31(22)24)25-8-9-26-33(32(25)38)40-35(46-21-36-11-4-14-43(36)15-5-12-36)41-34(26)42-16-13-39-29(20-42)30-6-3-17-45-30/h1,7-10,18-19,29-30,39,44H,3-6,11-17,20-21H2. The van der Waals surface area contributed by atoms with Crippen LogP contribution >= 0.6 is 0 Å². The van der Waals surface area contributed by atoms with Gasteiger partial charge in [0.2, 0.25) is 0 Å². The van der Waals surface area contributed by atoms with Crippen LogP contribution in [-0.4, -0.2) is 83.6 Å². The van der Waals surface area contributed by atoms with Crippen molar-refractivity contribution >= 4 is 27.5 Å². The SMILES string of the molecule is C#Cc1c(F)ccc2cc(O)cc(-c3ccc4c(N5CCNC(C6CCCO6)C5)nc(OCC56CCCN5CCC6)nc4c3F)c12. The molecule has 0 saturated carbocycles. The predicted octanol–water partition coefficient (Wildman–Crippen LogP) is 5.38. The van der Waals surface area contributed by atoms with Crippen LogP contribution in [0, 0.1) is 24.0 Å². The number of rotatable bonds is 6. The second kappa shape index (κ2) is 11.6. The lowest BCUT2D eigenvalue weighted by molar-refractivity contribution is 0.0768. The first-order valence-electron chi connectivity index (χ1n) is 16.3. The highest BCUT2D eigenvalue weighted by Gasteiger charge is 2.45. The predicted molar refractivity (Wildman–Crippen MR) is 173 cm³/mol. The molecule has 8 rings (SSSR count). The van der Waals surface area contributed by atoms with E-state index in [1.165, 1.54) is 24.3 Å². The number of anilines is 1. The molecule has 4 aliphatic rings. The molecule has 238 valence electrons. The van der Waals surface area contributed by atoms with Crippen molar-refractivity contribution < 1.29 is 23.4 Å². The zero-order chi connectivity index (χ0) is 31.4. The van der Waals surface area contributed by atoms with Crippen LogP contribution in [0.2, 0.25) is 0 Å². The molecule has 4 aliphatic heterocycles. The fraction of sp³-hybridized carbons (Fsp3) is 0.444. The van der Waals surface area contributed by atoms with Crippen molar-refractivity contribution in [3.63, 3.8) is 0 Å². The van der Waals surface area contributed by atoms with E-state index in [4.69, 9.17) is 20.9 Å². The third-order valence-electron chi connectivity index (χ3n) is 10.5. The molecule has 2 N–H and O–H groups in total. The number of benzene rings is 3. The summed E-state index contributed by atoms with van der Waals surface area (Å²) in [6.45, 7) is 5.40. The van der Waals surface area contributed by atoms with E-state index in [1.807, 2.05) is 0 Å². The molecule has 4 aromatic rings. The van der Waals surface area contributed by atoms with Crippen LogP contribution < -0.4 is 15.0 Å². The number of aromatic hydroxyl groups is 1. The summed E-state index contributed by atoms with van der Waals surface area (Å²) in [5.74, 6) is 1.75. The second-order valence-electron chi connectivity index (χ2n) is 13.1. The van der Waals surface area contributed by atoms with Crippen LogP contribution in [0.5, 0.6) is 11.8 Å². The van der Waals surface area contributed by atoms with Crippen molar-refractivity contribution in [3.05, 3.63) is 53.6 Å². The fourth-order valence-electron chi connectivity index (χ4n) is 8.22. The number of nitrogens with one attached hydrogen (secondary N) is 1. The summed E-state index contributed by atoms with van der Waals surface area (Å²) in [5.41, 5.74) is 0.524. The molecule has 4 fully saturated rings. The number of hydrogen-bond donors (Lipinski definition) is 2. The smallest absolute Gasteiger partial charge is 0.319 e. The molecule has 46 heavy (non-hydrogen) atoms. The molecule has 0 spiro atoms. The summed E-state index contributed by atoms with van der Waals surface area (Å²) < 4.78 is 44.2. The molecule has 0 radical (unpaired) electrons. The van der Waals surface area contributed by atoms with Gasteiger partial charge in [0.1, 0.15) is 29.5 Å². The summed E-state index contributed by atoms with van der Waals surface area (Å²) >= 11 is 0. The van der Waals surface area contributed by atoms with Crippen molar-refractivity contribution in [1.29, 1.82) is 0 Å². The van der Waals surface area contributed by atoms with E-state index in [0.717, 1.165) is 64.8 Å². The Hall–Kier alpha value is -4.04. The van der Waals surface area contributed by atoms with Gasteiger partial charge in [-0.2, -0.15) is 9.97 Å². The third-order valence-corrected chi connectivity index (χ3v) is 10.5. The van der Waals surface area contributed by atoms with Crippen molar-refractivity contribution in [3.8, 4) is 35.2 Å². The number of halogens is 2. The van der Waals surface area contributed by atoms with Crippen molar-refractivity contribution in [2.75, 3.05) is 50.8 Å². The number of piperazine rings is 1. The minimum Gasteiger partial charge on any atom is -0.508 e. The maximum atomic E-state index is 16.9. The minimum atomic E-state index is -0.613. The van der Waals surface area contributed by atoms with Crippen molar-refractivity contribution in [1.82, 2.24) is 20.2 Å². The molecule has 10 heteroatoms. The van der Waals surface area contributed by atoms with Crippen molar-refractivity contribution in [2.24, 2.45) is 0 Å². The van der Waals surface area contributed by atoms with Crippen LogP contribution in [0.3, 0.4) is 0 Å². The number of fused-ring (bicyclic) bond motifs is 3. The minimum absolute atomic E-state index is 0.0114. The Morgan fingerprint density at radius 3 is 2.70 bits per heavy atom. The molecule has 1 aromatic heterocycles. The number of phenols is 1. The first-order chi connectivity index (χ1) is 22.4. The first-order valence-corrected chi connectivity index (χ1v) is 16.3. The van der Waals surface area contributed by atoms with Gasteiger partial charge in [-0.25, -0.2) is 8.78 Å². The van der Waals surface area contributed by atoms with Gasteiger partial charge in [-0.15, -0.1) is 6.42 Å². The molecule has 4 saturated heterocycles. The second-order valence-corrected chi connectivity index (χ2v) is 13.1. The Morgan fingerprint density at radius 1 is 1.07 bits per heavy atom. The highest BCUT2D eigenvalue weighted by molar-refractivity contribution is 6.04. The average molecular weight is 626 g/mol. The normalized spacial score (nSPS) is 22.8. The quantitative estimate of drug-likeness (QED) is 0.277. The van der Waals surface area contributed by atoms with E-state index in [2.05, 4.69) is 26.0 Å². The summed E-state index contributed by atoms with van der Waals surface area (Å²) in [6, 6.07) is 9.39. The molecule has 2 atom stereocenters. The van der Waals surface area contributed by atoms with Crippen molar-refractivity contribution in [2.45, 2.75) is 56.2 Å². The number of nitrogens with zero attached hydrogens (tertiary/aromatic N) is 4. The van der Waals surface area contributed by atoms with E-state index in [1.54, 1.807) is 12.1 Å². The van der Waals surface area contributed by atoms with Crippen LogP contribution in [0.15, 0.2) is 36.4 Å². The van der Waals surface area contributed by atoms with Gasteiger partial charge in [0, 0.05) is 42.6 Å². The third kappa shape index (κ3) is 4.93. The lowest BCUT2D eigenvalue weighted by Crippen LogP contribution is -2.55. The van der Waals surface area contributed by atoms with Gasteiger partial charge in [0.25, 0.3) is 0 Å². The van der Waals surface area contributed by atoms with Gasteiger partial charge in [0.05, 0.1) is 23.2 Å². The topological polar surface area (TPSA) is 83.0 Å². The Morgan fingerprint density at radius 2 is 1.91 bits per heavy atom. The number of aromatic nitrogens is 2. The Bertz CT molecular complexity index is 1860. The van der Waals surface area contributed by atoms with Crippen LogP contribution in [0.1, 0.15) is 44.1 Å². The van der Waals surface area contributed by atoms with Gasteiger partial charge in [-0.05, 0) is 86.8 Å². The number of ether oxygens (including phenoxy) is 2. The molecular formula is C36H37F2N5O3. The van der Waals surface area contributed by atoms with Gasteiger partial charge >= 0.3 is 6.01 Å². The number of terminal acetylenes is 1. The molecule has 0 bridgehead atoms. The maximum absolute atomic E-state index is 16.9. The average Bonchev–Trinajstić information content (AvgIpc) is 3.83. The molecule has 0 aliphatic carbocycles. The van der Waals surface area contributed by atoms with Crippen LogP contribution in [-0.2, 0) is 4.74 Å². The molecule has 3 aromatic carbocycles. The number of hydrogen-bond acceptors (Lipinski definition) is 8. The Kier molecular flexibility index (Phi) is 7.43. The molecular weight excluding hydrogens is 588 g/mol. The van der Waals surface area contributed by atoms with E-state index in [0.29, 0.717) is 41.7 Å². The summed E-state index contributed by atoms with van der Waals surface area (Å²) in [5, 5.41) is 15.6. The molecule has 0 amide bonds. The maximum Gasteiger partial charge on any atom is 0.319 e. The van der Waals surface area contributed by atoms with Gasteiger partial charge < -0.3 is 24.8 Å². The van der Waals surface area contributed by atoms with Gasteiger partial charge in [-0.3, -0.25) is 4.90 Å². The summed E-state index contributed by atoms with van der Waals surface area (Å²) in [4.78, 5) is 14.3. The van der Waals surface area contributed by atoms with Crippen LogP contribution in [0.4, 0.5) is 14.6 Å². The Balaban J connectivity index is 1.26. The molecule has 5 heterocycles. The Labute approximate surface area is 266 Å². The first kappa shape index (κ1) is 29.4. The largest absolute Gasteiger partial charge is 0.508 e. The monoisotopic (exact) mass is 625 g/mol. The number of phenolic OH excluding ortho intramolecular Hbond substituents is 1. The molecule has 8 nitrogen and oxygen atoms in total. The highest BCUT2D eigenvalue weighted by atomic mass is 19.1. The van der Waals surface area contributed by atoms with Gasteiger partial charge in [0.15, 0.2) is 5.82 Å². The lowest BCUT2D eigenvalue weighted by Gasteiger charge is -2.37. The van der Waals surface area contributed by atoms with E-state index in [-0.39, 0.29) is 51.7 Å². The highest BCUT2D eigenvalue weighted by Crippen LogP contribution is 2.42. The zero-order valence-corrected chi connectivity index (χ0v) is 25.7. The van der Waals surface area contributed by atoms with E-state index < -0.39 is 11.6 Å². The fourth-order valence-corrected chi connectivity index (χ4v) is 8.22. The zero-order valence-electron chi connectivity index (χ0n) is 25.7. The van der Waals surface area contributed by atoms with E-state index in [9.17, 15) is 9.50 Å². The summed E-state index contributed by atoms with van der Waals surface area (Å²) in [6.07, 6.45) is 12.3. The van der Waals surface area contributed by atoms with E-state index >= 15 is 4.39 Å².